The maximum absolute atomic E-state index is 12.8. The van der Waals surface area contributed by atoms with Crippen LogP contribution in [0.2, 0.25) is 0 Å². The van der Waals surface area contributed by atoms with Gasteiger partial charge in [-0.3, -0.25) is 0 Å². The van der Waals surface area contributed by atoms with E-state index in [1.165, 1.54) is 24.4 Å². The molecule has 1 aromatic carbocycles. The summed E-state index contributed by atoms with van der Waals surface area (Å²) in [6, 6.07) is 6.91. The predicted octanol–water partition coefficient (Wildman–Crippen LogP) is 2.69. The fourth-order valence-electron chi connectivity index (χ4n) is 1.61. The highest BCUT2D eigenvalue weighted by atomic mass is 19.4. The van der Waals surface area contributed by atoms with Crippen LogP contribution in [0.4, 0.5) is 24.9 Å². The number of nitrogens with two attached hydrogens (primary N) is 1. The van der Waals surface area contributed by atoms with Crippen LogP contribution in [-0.4, -0.2) is 9.97 Å². The number of hydrogen-bond acceptors (Lipinski definition) is 4. The topological polar surface area (TPSA) is 63.8 Å². The summed E-state index contributed by atoms with van der Waals surface area (Å²) in [6.45, 7) is 0.00609. The van der Waals surface area contributed by atoms with Gasteiger partial charge in [0.15, 0.2) is 0 Å². The second kappa shape index (κ2) is 5.13. The van der Waals surface area contributed by atoms with Crippen molar-refractivity contribution in [2.45, 2.75) is 12.7 Å². The maximum atomic E-state index is 12.8. The van der Waals surface area contributed by atoms with Crippen molar-refractivity contribution in [3.8, 4) is 0 Å². The van der Waals surface area contributed by atoms with E-state index < -0.39 is 11.7 Å². The molecule has 0 radical (unpaired) electrons. The van der Waals surface area contributed by atoms with Crippen molar-refractivity contribution in [3.63, 3.8) is 0 Å². The summed E-state index contributed by atoms with van der Waals surface area (Å²) >= 11 is 0. The molecule has 0 atom stereocenters. The van der Waals surface area contributed by atoms with Crippen molar-refractivity contribution in [1.29, 1.82) is 0 Å². The predicted molar refractivity (Wildman–Crippen MR) is 65.2 cm³/mol. The van der Waals surface area contributed by atoms with E-state index in [1.807, 2.05) is 0 Å². The van der Waals surface area contributed by atoms with Gasteiger partial charge in [0.25, 0.3) is 0 Å². The molecule has 0 spiro atoms. The summed E-state index contributed by atoms with van der Waals surface area (Å²) in [5.41, 5.74) is 4.87. The minimum atomic E-state index is -4.37. The van der Waals surface area contributed by atoms with Gasteiger partial charge in [-0.2, -0.15) is 18.2 Å². The highest BCUT2D eigenvalue weighted by Crippen LogP contribution is 2.32. The zero-order valence-corrected chi connectivity index (χ0v) is 9.78. The minimum absolute atomic E-state index is 0.00609. The van der Waals surface area contributed by atoms with Crippen LogP contribution in [-0.2, 0) is 12.7 Å². The fraction of sp³-hybridized carbons (Fsp3) is 0.167. The van der Waals surface area contributed by atoms with E-state index in [4.69, 9.17) is 5.73 Å². The molecule has 0 saturated heterocycles. The van der Waals surface area contributed by atoms with Crippen LogP contribution in [0, 0.1) is 0 Å². The molecule has 0 saturated carbocycles. The molecule has 0 bridgehead atoms. The molecule has 0 amide bonds. The van der Waals surface area contributed by atoms with Crippen molar-refractivity contribution in [2.24, 2.45) is 0 Å². The Kier molecular flexibility index (Phi) is 3.55. The van der Waals surface area contributed by atoms with Crippen LogP contribution in [0.25, 0.3) is 0 Å². The highest BCUT2D eigenvalue weighted by Gasteiger charge is 2.32. The summed E-state index contributed by atoms with van der Waals surface area (Å²) in [4.78, 5) is 7.55. The van der Waals surface area contributed by atoms with Crippen molar-refractivity contribution in [1.82, 2.24) is 9.97 Å². The van der Waals surface area contributed by atoms with E-state index in [0.717, 1.165) is 6.07 Å². The summed E-state index contributed by atoms with van der Waals surface area (Å²) in [7, 11) is 0. The third-order valence-corrected chi connectivity index (χ3v) is 2.46. The number of nitrogens with zero attached hydrogens (tertiary/aromatic N) is 2. The first-order valence-corrected chi connectivity index (χ1v) is 5.44. The fourth-order valence-corrected chi connectivity index (χ4v) is 1.61. The van der Waals surface area contributed by atoms with Gasteiger partial charge in [-0.15, -0.1) is 0 Å². The summed E-state index contributed by atoms with van der Waals surface area (Å²) in [6.07, 6.45) is -2.94. The highest BCUT2D eigenvalue weighted by molar-refractivity contribution is 5.40. The van der Waals surface area contributed by atoms with Gasteiger partial charge in [-0.25, -0.2) is 4.98 Å². The number of benzene rings is 1. The van der Waals surface area contributed by atoms with Crippen LogP contribution in [0.1, 0.15) is 11.1 Å². The van der Waals surface area contributed by atoms with Crippen LogP contribution >= 0.6 is 0 Å². The molecule has 1 heterocycles. The number of nitrogen functional groups attached to an aromatic ring is 1. The normalized spacial score (nSPS) is 11.3. The Hall–Kier alpha value is -2.31. The molecule has 19 heavy (non-hydrogen) atoms. The number of hydrogen-bond donors (Lipinski definition) is 2. The number of halogens is 3. The Morgan fingerprint density at radius 2 is 1.89 bits per heavy atom. The molecule has 100 valence electrons. The molecule has 0 aliphatic heterocycles. The summed E-state index contributed by atoms with van der Waals surface area (Å²) < 4.78 is 38.3. The smallest absolute Gasteiger partial charge is 0.368 e. The number of alkyl halides is 3. The number of rotatable bonds is 3. The molecule has 2 rings (SSSR count). The lowest BCUT2D eigenvalue weighted by Gasteiger charge is -2.13. The lowest BCUT2D eigenvalue weighted by Crippen LogP contribution is -2.12. The van der Waals surface area contributed by atoms with Gasteiger partial charge in [0.1, 0.15) is 5.82 Å². The quantitative estimate of drug-likeness (QED) is 0.898. The molecular formula is C12H11F3N4. The van der Waals surface area contributed by atoms with Crippen molar-refractivity contribution in [2.75, 3.05) is 11.1 Å². The van der Waals surface area contributed by atoms with Gasteiger partial charge >= 0.3 is 6.18 Å². The second-order valence-electron chi connectivity index (χ2n) is 3.81. The maximum Gasteiger partial charge on any atom is 0.416 e. The Labute approximate surface area is 107 Å². The zero-order chi connectivity index (χ0) is 13.9. The Morgan fingerprint density at radius 3 is 2.58 bits per heavy atom. The lowest BCUT2D eigenvalue weighted by molar-refractivity contribution is -0.138. The van der Waals surface area contributed by atoms with Crippen molar-refractivity contribution in [3.05, 3.63) is 47.7 Å². The van der Waals surface area contributed by atoms with Gasteiger partial charge < -0.3 is 11.1 Å². The molecule has 7 heteroatoms. The molecule has 4 nitrogen and oxygen atoms in total. The first-order chi connectivity index (χ1) is 8.97. The molecule has 3 N–H and O–H groups in total. The van der Waals surface area contributed by atoms with Crippen LogP contribution in [0.5, 0.6) is 0 Å². The molecule has 1 aromatic heterocycles. The molecule has 2 aromatic rings. The van der Waals surface area contributed by atoms with Gasteiger partial charge in [-0.1, -0.05) is 18.2 Å². The molecular weight excluding hydrogens is 257 g/mol. The Bertz CT molecular complexity index is 569. The van der Waals surface area contributed by atoms with E-state index in [-0.39, 0.29) is 18.1 Å². The third-order valence-electron chi connectivity index (χ3n) is 2.46. The van der Waals surface area contributed by atoms with Crippen LogP contribution in [0.3, 0.4) is 0 Å². The van der Waals surface area contributed by atoms with Gasteiger partial charge in [0, 0.05) is 12.7 Å². The second-order valence-corrected chi connectivity index (χ2v) is 3.81. The molecule has 0 aliphatic rings. The van der Waals surface area contributed by atoms with E-state index in [9.17, 15) is 13.2 Å². The number of anilines is 2. The van der Waals surface area contributed by atoms with Gasteiger partial charge in [-0.05, 0) is 17.7 Å². The number of aromatic nitrogens is 2. The summed E-state index contributed by atoms with van der Waals surface area (Å²) in [5.74, 6) is 0.443. The van der Waals surface area contributed by atoms with E-state index in [0.29, 0.717) is 5.82 Å². The average Bonchev–Trinajstić information content (AvgIpc) is 2.36. The third kappa shape index (κ3) is 3.34. The van der Waals surface area contributed by atoms with Gasteiger partial charge in [0.05, 0.1) is 5.56 Å². The Morgan fingerprint density at radius 1 is 1.16 bits per heavy atom. The summed E-state index contributed by atoms with van der Waals surface area (Å²) in [5, 5.41) is 2.78. The first kappa shape index (κ1) is 13.1. The average molecular weight is 268 g/mol. The van der Waals surface area contributed by atoms with E-state index in [1.54, 1.807) is 6.07 Å². The number of nitrogens with one attached hydrogen (secondary N) is 1. The lowest BCUT2D eigenvalue weighted by atomic mass is 10.1. The van der Waals surface area contributed by atoms with Crippen molar-refractivity contribution < 1.29 is 13.2 Å². The zero-order valence-electron chi connectivity index (χ0n) is 9.78. The molecule has 0 aliphatic carbocycles. The standard InChI is InChI=1S/C12H11F3N4/c13-12(14,15)9-4-2-1-3-8(9)7-18-10-5-6-17-11(16)19-10/h1-6H,7H2,(H3,16,17,18,19). The monoisotopic (exact) mass is 268 g/mol. The Balaban J connectivity index is 2.16. The molecule has 0 unspecified atom stereocenters. The van der Waals surface area contributed by atoms with Gasteiger partial charge in [0.2, 0.25) is 5.95 Å². The SMILES string of the molecule is Nc1nccc(NCc2ccccc2C(F)(F)F)n1. The molecule has 0 fully saturated rings. The van der Waals surface area contributed by atoms with Crippen LogP contribution < -0.4 is 11.1 Å². The minimum Gasteiger partial charge on any atom is -0.368 e. The first-order valence-electron chi connectivity index (χ1n) is 5.44. The van der Waals surface area contributed by atoms with Crippen LogP contribution in [0.15, 0.2) is 36.5 Å². The largest absolute Gasteiger partial charge is 0.416 e. The van der Waals surface area contributed by atoms with E-state index >= 15 is 0 Å². The van der Waals surface area contributed by atoms with E-state index in [2.05, 4.69) is 15.3 Å². The van der Waals surface area contributed by atoms with Crippen molar-refractivity contribution >= 4 is 11.8 Å².